The van der Waals surface area contributed by atoms with E-state index in [-0.39, 0.29) is 5.11 Å². The van der Waals surface area contributed by atoms with Crippen LogP contribution in [0, 0.1) is 23.3 Å². The summed E-state index contributed by atoms with van der Waals surface area (Å²) in [5.41, 5.74) is -4.70. The van der Waals surface area contributed by atoms with Gasteiger partial charge in [-0.3, -0.25) is 4.90 Å². The van der Waals surface area contributed by atoms with Crippen molar-refractivity contribution in [2.75, 3.05) is 4.90 Å². The molecule has 2 nitrogen and oxygen atoms in total. The van der Waals surface area contributed by atoms with Crippen LogP contribution < -0.4 is 10.2 Å². The molecule has 0 saturated heterocycles. The summed E-state index contributed by atoms with van der Waals surface area (Å²) in [6.45, 7) is 3.29. The third-order valence-electron chi connectivity index (χ3n) is 3.05. The number of nitrogens with zero attached hydrogens (tertiary/aromatic N) is 1. The Kier molecular flexibility index (Phi) is 4.08. The average Bonchev–Trinajstić information content (AvgIpc) is 2.37. The quantitative estimate of drug-likeness (QED) is 0.459. The summed E-state index contributed by atoms with van der Waals surface area (Å²) in [5, 5.41) is 2.29. The minimum absolute atomic E-state index is 0.325. The van der Waals surface area contributed by atoms with E-state index in [1.165, 1.54) is 6.08 Å². The second-order valence-corrected chi connectivity index (χ2v) is 5.70. The first-order chi connectivity index (χ1) is 10.4. The molecule has 2 rings (SSSR count). The molecule has 0 aliphatic carbocycles. The van der Waals surface area contributed by atoms with Crippen molar-refractivity contribution in [2.45, 2.75) is 25.6 Å². The standard InChI is InChI=1S/C13H9F7N2S/c1-12(2)3-4-22(11(23)21-12)10-8(16)6(14)5(13(18,19)20)7(15)9(10)17/h3-4H,1-2H3,(H,21,23). The van der Waals surface area contributed by atoms with Crippen LogP contribution in [0.4, 0.5) is 36.4 Å². The van der Waals surface area contributed by atoms with Gasteiger partial charge in [0, 0.05) is 6.20 Å². The van der Waals surface area contributed by atoms with E-state index in [1.807, 2.05) is 0 Å². The fourth-order valence-corrected chi connectivity index (χ4v) is 2.38. The van der Waals surface area contributed by atoms with Crippen LogP contribution in [0.15, 0.2) is 12.3 Å². The highest BCUT2D eigenvalue weighted by molar-refractivity contribution is 7.80. The number of hydrogen-bond donors (Lipinski definition) is 1. The van der Waals surface area contributed by atoms with Crippen LogP contribution in [0.5, 0.6) is 0 Å². The first-order valence-electron chi connectivity index (χ1n) is 6.10. The van der Waals surface area contributed by atoms with Gasteiger partial charge in [0.05, 0.1) is 5.54 Å². The Bertz CT molecular complexity index is 680. The molecule has 0 radical (unpaired) electrons. The predicted molar refractivity (Wildman–Crippen MR) is 72.7 cm³/mol. The molecule has 1 N–H and O–H groups in total. The van der Waals surface area contributed by atoms with E-state index in [1.54, 1.807) is 13.8 Å². The molecule has 1 aliphatic rings. The molecular formula is C13H9F7N2S. The highest BCUT2D eigenvalue weighted by Gasteiger charge is 2.43. The normalized spacial score (nSPS) is 17.4. The molecule has 0 aromatic heterocycles. The first-order valence-corrected chi connectivity index (χ1v) is 6.51. The number of hydrogen-bond acceptors (Lipinski definition) is 1. The molecule has 0 unspecified atom stereocenters. The predicted octanol–water partition coefficient (Wildman–Crippen LogP) is 4.25. The fourth-order valence-electron chi connectivity index (χ4n) is 1.96. The van der Waals surface area contributed by atoms with E-state index in [2.05, 4.69) is 5.32 Å². The summed E-state index contributed by atoms with van der Waals surface area (Å²) in [5.74, 6) is -9.45. The van der Waals surface area contributed by atoms with E-state index in [0.29, 0.717) is 4.90 Å². The van der Waals surface area contributed by atoms with Crippen molar-refractivity contribution in [3.63, 3.8) is 0 Å². The zero-order chi connectivity index (χ0) is 17.7. The summed E-state index contributed by atoms with van der Waals surface area (Å²) in [4.78, 5) is 0.525. The number of rotatable bonds is 1. The zero-order valence-electron chi connectivity index (χ0n) is 11.7. The highest BCUT2D eigenvalue weighted by atomic mass is 32.1. The Labute approximate surface area is 131 Å². The summed E-state index contributed by atoms with van der Waals surface area (Å²) >= 11 is 4.83. The molecule has 1 aromatic rings. The van der Waals surface area contributed by atoms with E-state index >= 15 is 0 Å². The maximum absolute atomic E-state index is 13.9. The van der Waals surface area contributed by atoms with Crippen LogP contribution in [-0.4, -0.2) is 10.7 Å². The lowest BCUT2D eigenvalue weighted by molar-refractivity contribution is -0.143. The van der Waals surface area contributed by atoms with Gasteiger partial charge in [-0.15, -0.1) is 0 Å². The Morgan fingerprint density at radius 2 is 1.48 bits per heavy atom. The van der Waals surface area contributed by atoms with Crippen molar-refractivity contribution in [2.24, 2.45) is 0 Å². The van der Waals surface area contributed by atoms with E-state index in [9.17, 15) is 30.7 Å². The monoisotopic (exact) mass is 358 g/mol. The number of nitrogens with one attached hydrogen (secondary N) is 1. The Morgan fingerprint density at radius 1 is 1.00 bits per heavy atom. The molecule has 0 saturated carbocycles. The van der Waals surface area contributed by atoms with Gasteiger partial charge < -0.3 is 5.32 Å². The van der Waals surface area contributed by atoms with Crippen molar-refractivity contribution in [1.29, 1.82) is 0 Å². The maximum Gasteiger partial charge on any atom is 0.422 e. The van der Waals surface area contributed by atoms with Gasteiger partial charge in [0.1, 0.15) is 11.3 Å². The summed E-state index contributed by atoms with van der Waals surface area (Å²) in [6, 6.07) is 0. The van der Waals surface area contributed by atoms with Crippen LogP contribution >= 0.6 is 12.2 Å². The number of thiocarbonyl (C=S) groups is 1. The smallest absolute Gasteiger partial charge is 0.354 e. The molecule has 0 spiro atoms. The van der Waals surface area contributed by atoms with Crippen LogP contribution in [-0.2, 0) is 6.18 Å². The third kappa shape index (κ3) is 2.99. The van der Waals surface area contributed by atoms with Crippen molar-refractivity contribution in [1.82, 2.24) is 5.32 Å². The molecule has 0 bridgehead atoms. The van der Waals surface area contributed by atoms with E-state index in [4.69, 9.17) is 12.2 Å². The number of alkyl halides is 3. The summed E-state index contributed by atoms with van der Waals surface area (Å²) in [7, 11) is 0. The molecule has 1 aliphatic heterocycles. The molecule has 1 aromatic carbocycles. The van der Waals surface area contributed by atoms with Crippen molar-refractivity contribution < 1.29 is 30.7 Å². The van der Waals surface area contributed by atoms with Gasteiger partial charge in [-0.05, 0) is 32.1 Å². The van der Waals surface area contributed by atoms with Crippen molar-refractivity contribution in [3.05, 3.63) is 41.1 Å². The molecule has 1 heterocycles. The van der Waals surface area contributed by atoms with Gasteiger partial charge in [0.15, 0.2) is 28.4 Å². The van der Waals surface area contributed by atoms with Crippen molar-refractivity contribution in [3.8, 4) is 0 Å². The van der Waals surface area contributed by atoms with Gasteiger partial charge in [-0.1, -0.05) is 0 Å². The average molecular weight is 358 g/mol. The third-order valence-corrected chi connectivity index (χ3v) is 3.35. The van der Waals surface area contributed by atoms with Gasteiger partial charge in [0.2, 0.25) is 0 Å². The van der Waals surface area contributed by atoms with Crippen LogP contribution in [0.3, 0.4) is 0 Å². The molecule has 23 heavy (non-hydrogen) atoms. The Balaban J connectivity index is 2.69. The number of benzene rings is 1. The number of halogens is 7. The van der Waals surface area contributed by atoms with Crippen LogP contribution in [0.1, 0.15) is 19.4 Å². The zero-order valence-corrected chi connectivity index (χ0v) is 12.5. The molecule has 0 atom stereocenters. The van der Waals surface area contributed by atoms with Gasteiger partial charge in [0.25, 0.3) is 0 Å². The Hall–Kier alpha value is -1.84. The van der Waals surface area contributed by atoms with Crippen LogP contribution in [0.25, 0.3) is 0 Å². The summed E-state index contributed by atoms with van der Waals surface area (Å²) in [6.07, 6.45) is -3.20. The lowest BCUT2D eigenvalue weighted by Gasteiger charge is -2.35. The van der Waals surface area contributed by atoms with E-state index in [0.717, 1.165) is 6.20 Å². The lowest BCUT2D eigenvalue weighted by atomic mass is 10.0. The highest BCUT2D eigenvalue weighted by Crippen LogP contribution is 2.40. The molecule has 126 valence electrons. The van der Waals surface area contributed by atoms with Crippen molar-refractivity contribution >= 4 is 23.0 Å². The molecule has 10 heteroatoms. The fraction of sp³-hybridized carbons (Fsp3) is 0.308. The maximum atomic E-state index is 13.9. The minimum atomic E-state index is -5.59. The SMILES string of the molecule is CC1(C)C=CN(c2c(F)c(F)c(C(F)(F)F)c(F)c2F)C(=S)N1. The van der Waals surface area contributed by atoms with E-state index < -0.39 is 46.2 Å². The first kappa shape index (κ1) is 17.5. The second-order valence-electron chi connectivity index (χ2n) is 5.31. The Morgan fingerprint density at radius 3 is 1.87 bits per heavy atom. The lowest BCUT2D eigenvalue weighted by Crippen LogP contribution is -2.51. The molecule has 0 amide bonds. The van der Waals surface area contributed by atoms with Gasteiger partial charge in [-0.2, -0.15) is 13.2 Å². The molecular weight excluding hydrogens is 349 g/mol. The van der Waals surface area contributed by atoms with Gasteiger partial charge >= 0.3 is 6.18 Å². The largest absolute Gasteiger partial charge is 0.422 e. The summed E-state index contributed by atoms with van der Waals surface area (Å²) < 4.78 is 92.7. The molecule has 0 fully saturated rings. The topological polar surface area (TPSA) is 15.3 Å². The second kappa shape index (κ2) is 5.36. The van der Waals surface area contributed by atoms with Gasteiger partial charge in [-0.25, -0.2) is 17.6 Å². The minimum Gasteiger partial charge on any atom is -0.354 e. The number of anilines is 1. The van der Waals surface area contributed by atoms with Crippen LogP contribution in [0.2, 0.25) is 0 Å².